The molecule has 1 N–H and O–H groups in total. The molecule has 21 heavy (non-hydrogen) atoms. The van der Waals surface area contributed by atoms with E-state index in [1.54, 1.807) is 0 Å². The highest BCUT2D eigenvalue weighted by molar-refractivity contribution is 5.33. The van der Waals surface area contributed by atoms with Crippen LogP contribution in [0, 0.1) is 5.92 Å². The van der Waals surface area contributed by atoms with Gasteiger partial charge in [0.1, 0.15) is 12.4 Å². The second-order valence-corrected chi connectivity index (χ2v) is 6.38. The molecule has 0 atom stereocenters. The minimum atomic E-state index is 0.678. The van der Waals surface area contributed by atoms with Crippen molar-refractivity contribution < 1.29 is 4.74 Å². The standard InChI is InChI=1S/C18H30N2O/c1-16(2)14-19-15-17-8-4-5-9-18(17)21-13-12-20-10-6-3-7-11-20/h4-5,8-9,16,19H,3,6-7,10-15H2,1-2H3. The van der Waals surface area contributed by atoms with Crippen molar-refractivity contribution >= 4 is 0 Å². The molecule has 3 heteroatoms. The van der Waals surface area contributed by atoms with Crippen LogP contribution in [0.25, 0.3) is 0 Å². The van der Waals surface area contributed by atoms with Gasteiger partial charge in [0.2, 0.25) is 0 Å². The third kappa shape index (κ3) is 6.06. The van der Waals surface area contributed by atoms with Crippen LogP contribution in [-0.2, 0) is 6.54 Å². The minimum absolute atomic E-state index is 0.678. The summed E-state index contributed by atoms with van der Waals surface area (Å²) in [7, 11) is 0. The second-order valence-electron chi connectivity index (χ2n) is 6.38. The molecule has 0 amide bonds. The number of nitrogens with one attached hydrogen (secondary N) is 1. The Morgan fingerprint density at radius 2 is 1.90 bits per heavy atom. The maximum Gasteiger partial charge on any atom is 0.123 e. The molecular weight excluding hydrogens is 260 g/mol. The van der Waals surface area contributed by atoms with Gasteiger partial charge >= 0.3 is 0 Å². The van der Waals surface area contributed by atoms with Crippen LogP contribution in [0.4, 0.5) is 0 Å². The van der Waals surface area contributed by atoms with E-state index in [2.05, 4.69) is 48.3 Å². The van der Waals surface area contributed by atoms with Crippen LogP contribution >= 0.6 is 0 Å². The van der Waals surface area contributed by atoms with Crippen molar-refractivity contribution in [3.8, 4) is 5.75 Å². The fourth-order valence-electron chi connectivity index (χ4n) is 2.75. The summed E-state index contributed by atoms with van der Waals surface area (Å²) in [5, 5.41) is 3.49. The highest BCUT2D eigenvalue weighted by atomic mass is 16.5. The van der Waals surface area contributed by atoms with E-state index < -0.39 is 0 Å². The van der Waals surface area contributed by atoms with E-state index in [0.717, 1.165) is 32.0 Å². The Labute approximate surface area is 129 Å². The Morgan fingerprint density at radius 1 is 1.14 bits per heavy atom. The first-order chi connectivity index (χ1) is 10.3. The van der Waals surface area contributed by atoms with E-state index >= 15 is 0 Å². The van der Waals surface area contributed by atoms with Crippen LogP contribution in [0.2, 0.25) is 0 Å². The summed E-state index contributed by atoms with van der Waals surface area (Å²) in [5.74, 6) is 1.71. The first-order valence-electron chi connectivity index (χ1n) is 8.39. The molecule has 1 aromatic carbocycles. The van der Waals surface area contributed by atoms with Crippen molar-refractivity contribution in [2.24, 2.45) is 5.92 Å². The minimum Gasteiger partial charge on any atom is -0.492 e. The topological polar surface area (TPSA) is 24.5 Å². The number of ether oxygens (including phenoxy) is 1. The second kappa shape index (κ2) is 9.06. The van der Waals surface area contributed by atoms with Crippen LogP contribution in [0.3, 0.4) is 0 Å². The van der Waals surface area contributed by atoms with Crippen LogP contribution in [-0.4, -0.2) is 37.7 Å². The zero-order valence-corrected chi connectivity index (χ0v) is 13.6. The molecule has 1 fully saturated rings. The SMILES string of the molecule is CC(C)CNCc1ccccc1OCCN1CCCCC1. The number of hydrogen-bond acceptors (Lipinski definition) is 3. The molecule has 1 aliphatic rings. The van der Waals surface area contributed by atoms with Crippen molar-refractivity contribution in [3.63, 3.8) is 0 Å². The highest BCUT2D eigenvalue weighted by Crippen LogP contribution is 2.18. The average molecular weight is 290 g/mol. The molecule has 0 unspecified atom stereocenters. The quantitative estimate of drug-likeness (QED) is 0.795. The average Bonchev–Trinajstić information content (AvgIpc) is 2.49. The summed E-state index contributed by atoms with van der Waals surface area (Å²) in [5.41, 5.74) is 1.26. The molecule has 118 valence electrons. The zero-order chi connectivity index (χ0) is 14.9. The first kappa shape index (κ1) is 16.3. The van der Waals surface area contributed by atoms with Gasteiger partial charge < -0.3 is 10.1 Å². The van der Waals surface area contributed by atoms with Crippen LogP contribution in [0.1, 0.15) is 38.7 Å². The van der Waals surface area contributed by atoms with Crippen molar-refractivity contribution in [2.75, 3.05) is 32.8 Å². The lowest BCUT2D eigenvalue weighted by Gasteiger charge is -2.26. The number of para-hydroxylation sites is 1. The molecule has 0 radical (unpaired) electrons. The van der Waals surface area contributed by atoms with Gasteiger partial charge in [-0.05, 0) is 44.5 Å². The lowest BCUT2D eigenvalue weighted by molar-refractivity contribution is 0.182. The molecule has 0 saturated carbocycles. The Kier molecular flexibility index (Phi) is 7.04. The highest BCUT2D eigenvalue weighted by Gasteiger charge is 2.10. The first-order valence-corrected chi connectivity index (χ1v) is 8.39. The van der Waals surface area contributed by atoms with Gasteiger partial charge in [0.05, 0.1) is 0 Å². The molecule has 2 rings (SSSR count). The van der Waals surface area contributed by atoms with E-state index in [1.165, 1.54) is 37.9 Å². The molecule has 1 aliphatic heterocycles. The Bertz CT molecular complexity index is 400. The van der Waals surface area contributed by atoms with Gasteiger partial charge in [0.15, 0.2) is 0 Å². The van der Waals surface area contributed by atoms with Gasteiger partial charge in [0, 0.05) is 18.7 Å². The number of piperidine rings is 1. The lowest BCUT2D eigenvalue weighted by atomic mass is 10.1. The maximum atomic E-state index is 6.02. The van der Waals surface area contributed by atoms with Gasteiger partial charge in [-0.1, -0.05) is 38.5 Å². The number of nitrogens with zero attached hydrogens (tertiary/aromatic N) is 1. The number of hydrogen-bond donors (Lipinski definition) is 1. The van der Waals surface area contributed by atoms with Gasteiger partial charge in [-0.25, -0.2) is 0 Å². The molecule has 1 saturated heterocycles. The maximum absolute atomic E-state index is 6.02. The van der Waals surface area contributed by atoms with Crippen molar-refractivity contribution in [2.45, 2.75) is 39.7 Å². The smallest absolute Gasteiger partial charge is 0.123 e. The fourth-order valence-corrected chi connectivity index (χ4v) is 2.75. The lowest BCUT2D eigenvalue weighted by Crippen LogP contribution is -2.33. The van der Waals surface area contributed by atoms with Gasteiger partial charge in [-0.2, -0.15) is 0 Å². The zero-order valence-electron chi connectivity index (χ0n) is 13.6. The van der Waals surface area contributed by atoms with E-state index in [4.69, 9.17) is 4.74 Å². The van der Waals surface area contributed by atoms with Crippen LogP contribution in [0.5, 0.6) is 5.75 Å². The Balaban J connectivity index is 1.76. The molecular formula is C18H30N2O. The largest absolute Gasteiger partial charge is 0.492 e. The Morgan fingerprint density at radius 3 is 2.67 bits per heavy atom. The molecule has 0 aromatic heterocycles. The summed E-state index contributed by atoms with van der Waals surface area (Å²) in [4.78, 5) is 2.52. The molecule has 0 bridgehead atoms. The van der Waals surface area contributed by atoms with E-state index in [-0.39, 0.29) is 0 Å². The van der Waals surface area contributed by atoms with Crippen molar-refractivity contribution in [1.82, 2.24) is 10.2 Å². The van der Waals surface area contributed by atoms with Crippen LogP contribution < -0.4 is 10.1 Å². The van der Waals surface area contributed by atoms with Crippen molar-refractivity contribution in [1.29, 1.82) is 0 Å². The molecule has 0 spiro atoms. The van der Waals surface area contributed by atoms with E-state index in [1.807, 2.05) is 0 Å². The number of benzene rings is 1. The van der Waals surface area contributed by atoms with Crippen molar-refractivity contribution in [3.05, 3.63) is 29.8 Å². The Hall–Kier alpha value is -1.06. The summed E-state index contributed by atoms with van der Waals surface area (Å²) in [6.07, 6.45) is 4.08. The third-order valence-electron chi connectivity index (χ3n) is 3.95. The third-order valence-corrected chi connectivity index (χ3v) is 3.95. The van der Waals surface area contributed by atoms with Gasteiger partial charge in [0.25, 0.3) is 0 Å². The normalized spacial score (nSPS) is 16.3. The molecule has 3 nitrogen and oxygen atoms in total. The summed E-state index contributed by atoms with van der Waals surface area (Å²) < 4.78 is 6.02. The monoisotopic (exact) mass is 290 g/mol. The summed E-state index contributed by atoms with van der Waals surface area (Å²) >= 11 is 0. The molecule has 0 aliphatic carbocycles. The molecule has 1 heterocycles. The molecule has 1 aromatic rings. The van der Waals surface area contributed by atoms with Gasteiger partial charge in [-0.15, -0.1) is 0 Å². The fraction of sp³-hybridized carbons (Fsp3) is 0.667. The summed E-state index contributed by atoms with van der Waals surface area (Å²) in [6, 6.07) is 8.39. The number of likely N-dealkylation sites (tertiary alicyclic amines) is 1. The van der Waals surface area contributed by atoms with E-state index in [9.17, 15) is 0 Å². The van der Waals surface area contributed by atoms with E-state index in [0.29, 0.717) is 5.92 Å². The predicted molar refractivity (Wildman–Crippen MR) is 88.8 cm³/mol. The van der Waals surface area contributed by atoms with Gasteiger partial charge in [-0.3, -0.25) is 4.90 Å². The number of rotatable bonds is 8. The predicted octanol–water partition coefficient (Wildman–Crippen LogP) is 3.30. The summed E-state index contributed by atoms with van der Waals surface area (Å²) in [6.45, 7) is 10.7. The van der Waals surface area contributed by atoms with Crippen LogP contribution in [0.15, 0.2) is 24.3 Å².